The minimum absolute atomic E-state index is 0. The number of amides is 1. The molecule has 0 bridgehead atoms. The second-order valence-electron chi connectivity index (χ2n) is 6.74. The molecule has 7 heteroatoms. The largest absolute Gasteiger partial charge is 0.335 e. The lowest BCUT2D eigenvalue weighted by Crippen LogP contribution is -2.32. The summed E-state index contributed by atoms with van der Waals surface area (Å²) in [5, 5.41) is 4.42. The molecule has 2 heterocycles. The van der Waals surface area contributed by atoms with E-state index in [9.17, 15) is 9.18 Å². The molecule has 1 aromatic carbocycles. The first kappa shape index (κ1) is 19.4. The molecule has 1 aromatic heterocycles. The highest BCUT2D eigenvalue weighted by molar-refractivity contribution is 5.92. The van der Waals surface area contributed by atoms with Gasteiger partial charge in [-0.25, -0.2) is 4.39 Å². The van der Waals surface area contributed by atoms with Gasteiger partial charge in [-0.3, -0.25) is 9.48 Å². The first-order chi connectivity index (χ1) is 11.4. The Kier molecular flexibility index (Phi) is 5.85. The molecule has 1 aliphatic heterocycles. The molecule has 1 aliphatic rings. The van der Waals surface area contributed by atoms with Crippen molar-refractivity contribution in [2.75, 3.05) is 13.1 Å². The van der Waals surface area contributed by atoms with Crippen LogP contribution in [0.15, 0.2) is 30.3 Å². The molecule has 0 radical (unpaired) electrons. The summed E-state index contributed by atoms with van der Waals surface area (Å²) in [6, 6.07) is 8.25. The fourth-order valence-electron chi connectivity index (χ4n) is 3.36. The van der Waals surface area contributed by atoms with Crippen molar-refractivity contribution in [3.8, 4) is 0 Å². The summed E-state index contributed by atoms with van der Waals surface area (Å²) in [6.07, 6.45) is 0. The van der Waals surface area contributed by atoms with Crippen LogP contribution in [-0.4, -0.2) is 39.7 Å². The molecule has 1 amide bonds. The van der Waals surface area contributed by atoms with Gasteiger partial charge in [0.15, 0.2) is 5.69 Å². The molecule has 3 rings (SSSR count). The van der Waals surface area contributed by atoms with E-state index in [4.69, 9.17) is 5.73 Å². The Labute approximate surface area is 153 Å². The molecule has 0 spiro atoms. The van der Waals surface area contributed by atoms with Crippen LogP contribution in [0.4, 0.5) is 4.39 Å². The number of carbonyl (C=O) groups excluding carboxylic acids is 1. The van der Waals surface area contributed by atoms with E-state index in [0.29, 0.717) is 18.8 Å². The summed E-state index contributed by atoms with van der Waals surface area (Å²) < 4.78 is 15.3. The molecule has 2 aromatic rings. The van der Waals surface area contributed by atoms with Gasteiger partial charge in [0.25, 0.3) is 5.91 Å². The molecule has 1 saturated heterocycles. The van der Waals surface area contributed by atoms with Gasteiger partial charge in [0, 0.05) is 36.8 Å². The van der Waals surface area contributed by atoms with E-state index in [1.54, 1.807) is 11.0 Å². The molecular formula is C18H24ClFN4O. The third-order valence-corrected chi connectivity index (χ3v) is 4.56. The van der Waals surface area contributed by atoms with E-state index in [-0.39, 0.29) is 42.1 Å². The maximum atomic E-state index is 13.5. The number of halogens is 2. The van der Waals surface area contributed by atoms with Crippen LogP contribution in [0, 0.1) is 12.7 Å². The van der Waals surface area contributed by atoms with Crippen LogP contribution >= 0.6 is 12.4 Å². The highest BCUT2D eigenvalue weighted by atomic mass is 35.5. The first-order valence-corrected chi connectivity index (χ1v) is 8.23. The van der Waals surface area contributed by atoms with Gasteiger partial charge in [-0.15, -0.1) is 12.4 Å². The van der Waals surface area contributed by atoms with Gasteiger partial charge in [0.1, 0.15) is 5.82 Å². The number of aryl methyl sites for hydroxylation is 1. The maximum Gasteiger partial charge on any atom is 0.274 e. The minimum atomic E-state index is -0.282. The monoisotopic (exact) mass is 366 g/mol. The Morgan fingerprint density at radius 1 is 1.32 bits per heavy atom. The van der Waals surface area contributed by atoms with E-state index in [2.05, 4.69) is 5.10 Å². The van der Waals surface area contributed by atoms with Crippen LogP contribution in [0.25, 0.3) is 0 Å². The van der Waals surface area contributed by atoms with Crippen LogP contribution in [0.2, 0.25) is 0 Å². The van der Waals surface area contributed by atoms with Gasteiger partial charge in [0.2, 0.25) is 0 Å². The van der Waals surface area contributed by atoms with Crippen molar-refractivity contribution in [1.82, 2.24) is 14.7 Å². The van der Waals surface area contributed by atoms with Gasteiger partial charge in [-0.05, 0) is 44.5 Å². The molecular weight excluding hydrogens is 343 g/mol. The summed E-state index contributed by atoms with van der Waals surface area (Å²) in [5.41, 5.74) is 8.44. The van der Waals surface area contributed by atoms with E-state index >= 15 is 0 Å². The van der Waals surface area contributed by atoms with Crippen molar-refractivity contribution >= 4 is 18.3 Å². The van der Waals surface area contributed by atoms with Crippen molar-refractivity contribution in [1.29, 1.82) is 0 Å². The zero-order valence-corrected chi connectivity index (χ0v) is 15.5. The smallest absolute Gasteiger partial charge is 0.274 e. The Morgan fingerprint density at radius 3 is 2.64 bits per heavy atom. The lowest BCUT2D eigenvalue weighted by Gasteiger charge is -2.15. The summed E-state index contributed by atoms with van der Waals surface area (Å²) in [7, 11) is 0. The number of rotatable bonds is 3. The number of carbonyl (C=O) groups is 1. The standard InChI is InChI=1S/C18H23FN4O.ClH/c1-11(2)23-12(3)7-17(21-23)18(24)22-9-15(16(20)10-22)13-5-4-6-14(19)8-13;/h4-8,11,15-16H,9-10,20H2,1-3H3;1H/t15-,16+;/m0./s1. The van der Waals surface area contributed by atoms with Gasteiger partial charge < -0.3 is 10.6 Å². The Hall–Kier alpha value is -1.92. The fourth-order valence-corrected chi connectivity index (χ4v) is 3.36. The van der Waals surface area contributed by atoms with Crippen LogP contribution in [-0.2, 0) is 0 Å². The Morgan fingerprint density at radius 2 is 2.04 bits per heavy atom. The number of hydrogen-bond acceptors (Lipinski definition) is 3. The molecule has 25 heavy (non-hydrogen) atoms. The molecule has 0 saturated carbocycles. The predicted molar refractivity (Wildman–Crippen MR) is 97.6 cm³/mol. The molecule has 5 nitrogen and oxygen atoms in total. The third-order valence-electron chi connectivity index (χ3n) is 4.56. The quantitative estimate of drug-likeness (QED) is 0.908. The second kappa shape index (κ2) is 7.54. The van der Waals surface area contributed by atoms with Crippen molar-refractivity contribution < 1.29 is 9.18 Å². The van der Waals surface area contributed by atoms with Gasteiger partial charge in [-0.1, -0.05) is 12.1 Å². The van der Waals surface area contributed by atoms with Crippen molar-refractivity contribution in [3.05, 3.63) is 53.1 Å². The van der Waals surface area contributed by atoms with Gasteiger partial charge >= 0.3 is 0 Å². The first-order valence-electron chi connectivity index (χ1n) is 8.23. The maximum absolute atomic E-state index is 13.5. The van der Waals surface area contributed by atoms with Gasteiger partial charge in [0.05, 0.1) is 0 Å². The van der Waals surface area contributed by atoms with E-state index < -0.39 is 0 Å². The van der Waals surface area contributed by atoms with Crippen LogP contribution in [0.5, 0.6) is 0 Å². The summed E-state index contributed by atoms with van der Waals surface area (Å²) in [5.74, 6) is -0.458. The second-order valence-corrected chi connectivity index (χ2v) is 6.74. The number of aromatic nitrogens is 2. The Bertz CT molecular complexity index is 761. The lowest BCUT2D eigenvalue weighted by molar-refractivity contribution is 0.0782. The van der Waals surface area contributed by atoms with Crippen LogP contribution < -0.4 is 5.73 Å². The summed E-state index contributed by atoms with van der Waals surface area (Å²) in [4.78, 5) is 14.5. The number of likely N-dealkylation sites (tertiary alicyclic amines) is 1. The topological polar surface area (TPSA) is 64.2 Å². The summed E-state index contributed by atoms with van der Waals surface area (Å²) >= 11 is 0. The Balaban J connectivity index is 0.00000225. The number of nitrogens with zero attached hydrogens (tertiary/aromatic N) is 3. The lowest BCUT2D eigenvalue weighted by atomic mass is 9.95. The fraction of sp³-hybridized carbons (Fsp3) is 0.444. The highest BCUT2D eigenvalue weighted by Crippen LogP contribution is 2.28. The minimum Gasteiger partial charge on any atom is -0.335 e. The third kappa shape index (κ3) is 3.85. The van der Waals surface area contributed by atoms with Crippen molar-refractivity contribution in [2.24, 2.45) is 5.73 Å². The molecule has 136 valence electrons. The molecule has 2 N–H and O–H groups in total. The number of nitrogens with two attached hydrogens (primary N) is 1. The predicted octanol–water partition coefficient (Wildman–Crippen LogP) is 2.90. The average molecular weight is 367 g/mol. The van der Waals surface area contributed by atoms with Crippen LogP contribution in [0.1, 0.15) is 47.6 Å². The number of hydrogen-bond donors (Lipinski definition) is 1. The molecule has 0 unspecified atom stereocenters. The normalized spacial score (nSPS) is 20.0. The van der Waals surface area contributed by atoms with E-state index in [1.165, 1.54) is 12.1 Å². The molecule has 1 fully saturated rings. The molecule has 0 aliphatic carbocycles. The van der Waals surface area contributed by atoms with E-state index in [1.807, 2.05) is 37.6 Å². The summed E-state index contributed by atoms with van der Waals surface area (Å²) in [6.45, 7) is 6.93. The van der Waals surface area contributed by atoms with E-state index in [0.717, 1.165) is 11.3 Å². The molecule has 2 atom stereocenters. The highest BCUT2D eigenvalue weighted by Gasteiger charge is 2.35. The SMILES string of the molecule is Cc1cc(C(=O)N2C[C@@H](N)[C@H](c3cccc(F)c3)C2)nn1C(C)C.Cl. The van der Waals surface area contributed by atoms with Crippen molar-refractivity contribution in [3.63, 3.8) is 0 Å². The average Bonchev–Trinajstić information content (AvgIpc) is 3.10. The zero-order chi connectivity index (χ0) is 17.4. The number of benzene rings is 1. The zero-order valence-electron chi connectivity index (χ0n) is 14.6. The van der Waals surface area contributed by atoms with Gasteiger partial charge in [-0.2, -0.15) is 5.10 Å². The van der Waals surface area contributed by atoms with Crippen LogP contribution in [0.3, 0.4) is 0 Å². The van der Waals surface area contributed by atoms with Crippen molar-refractivity contribution in [2.45, 2.75) is 38.8 Å².